The van der Waals surface area contributed by atoms with Gasteiger partial charge in [0.25, 0.3) is 0 Å². The van der Waals surface area contributed by atoms with Crippen LogP contribution in [0.3, 0.4) is 0 Å². The third-order valence-corrected chi connectivity index (χ3v) is 1.32. The molecule has 0 aromatic rings. The summed E-state index contributed by atoms with van der Waals surface area (Å²) in [6, 6.07) is 0. The predicted molar refractivity (Wildman–Crippen MR) is 31.4 cm³/mol. The number of nitrogens with one attached hydrogen (secondary N) is 1. The molecule has 0 heterocycles. The quantitative estimate of drug-likeness (QED) is 0.421. The normalized spacial score (nSPS) is 22.1. The first-order valence-corrected chi connectivity index (χ1v) is 2.60. The predicted octanol–water partition coefficient (Wildman–Crippen LogP) is -0.705. The van der Waals surface area contributed by atoms with Gasteiger partial charge in [0.2, 0.25) is 0 Å². The van der Waals surface area contributed by atoms with Gasteiger partial charge in [0.05, 0.1) is 6.10 Å². The lowest BCUT2D eigenvalue weighted by Gasteiger charge is -2.25. The van der Waals surface area contributed by atoms with Crippen molar-refractivity contribution in [1.29, 1.82) is 0 Å². The fourth-order valence-electron chi connectivity index (χ4n) is 0.209. The summed E-state index contributed by atoms with van der Waals surface area (Å²) in [5, 5.41) is 20.4. The Labute approximate surface area is 49.3 Å². The number of rotatable bonds is 2. The van der Waals surface area contributed by atoms with Gasteiger partial charge in [-0.2, -0.15) is 0 Å². The van der Waals surface area contributed by atoms with Crippen molar-refractivity contribution in [3.63, 3.8) is 0 Å². The lowest BCUT2D eigenvalue weighted by atomic mass is 10.1. The largest absolute Gasteiger partial charge is 0.389 e. The summed E-state index contributed by atoms with van der Waals surface area (Å²) in [5.74, 6) is 0. The molecule has 8 heavy (non-hydrogen) atoms. The molecule has 3 nitrogen and oxygen atoms in total. The first-order valence-electron chi connectivity index (χ1n) is 2.60. The van der Waals surface area contributed by atoms with Crippen molar-refractivity contribution in [3.8, 4) is 0 Å². The number of hydrogen-bond acceptors (Lipinski definition) is 3. The van der Waals surface area contributed by atoms with E-state index in [0.717, 1.165) is 0 Å². The molecule has 2 unspecified atom stereocenters. The molecular formula is C5H13NO2. The number of likely N-dealkylation sites (N-methyl/N-ethyl adjacent to an activating group) is 1. The summed E-state index contributed by atoms with van der Waals surface area (Å²) in [6.45, 7) is 3.04. The van der Waals surface area contributed by atoms with Crippen LogP contribution in [0.1, 0.15) is 13.8 Å². The average Bonchev–Trinajstić information content (AvgIpc) is 1.67. The molecule has 0 aliphatic heterocycles. The van der Waals surface area contributed by atoms with Gasteiger partial charge >= 0.3 is 0 Å². The Morgan fingerprint density at radius 3 is 2.00 bits per heavy atom. The summed E-state index contributed by atoms with van der Waals surface area (Å²) < 4.78 is 0. The van der Waals surface area contributed by atoms with Crippen LogP contribution in [0.2, 0.25) is 0 Å². The highest BCUT2D eigenvalue weighted by Crippen LogP contribution is 2.01. The van der Waals surface area contributed by atoms with E-state index in [-0.39, 0.29) is 0 Å². The molecule has 0 amide bonds. The van der Waals surface area contributed by atoms with E-state index in [1.54, 1.807) is 7.05 Å². The zero-order valence-electron chi connectivity index (χ0n) is 5.47. The van der Waals surface area contributed by atoms with E-state index >= 15 is 0 Å². The Bertz CT molecular complexity index is 70.8. The van der Waals surface area contributed by atoms with Gasteiger partial charge in [-0.15, -0.1) is 0 Å². The SMILES string of the molecule is CNC(C)(O)C(C)O. The van der Waals surface area contributed by atoms with Crippen molar-refractivity contribution in [1.82, 2.24) is 5.32 Å². The molecule has 0 aliphatic rings. The van der Waals surface area contributed by atoms with Gasteiger partial charge in [-0.3, -0.25) is 5.32 Å². The molecule has 0 aromatic heterocycles. The first kappa shape index (κ1) is 7.88. The maximum absolute atomic E-state index is 9.04. The Kier molecular flexibility index (Phi) is 2.40. The zero-order chi connectivity index (χ0) is 6.78. The van der Waals surface area contributed by atoms with E-state index in [9.17, 15) is 0 Å². The number of hydrogen-bond donors (Lipinski definition) is 3. The Balaban J connectivity index is 3.71. The second-order valence-corrected chi connectivity index (χ2v) is 2.07. The number of aliphatic hydroxyl groups is 2. The van der Waals surface area contributed by atoms with Crippen LogP contribution in [0.4, 0.5) is 0 Å². The monoisotopic (exact) mass is 119 g/mol. The third kappa shape index (κ3) is 1.78. The molecular weight excluding hydrogens is 106 g/mol. The van der Waals surface area contributed by atoms with Crippen LogP contribution in [-0.4, -0.2) is 29.1 Å². The van der Waals surface area contributed by atoms with Gasteiger partial charge in [-0.1, -0.05) is 0 Å². The summed E-state index contributed by atoms with van der Waals surface area (Å²) >= 11 is 0. The van der Waals surface area contributed by atoms with Crippen molar-refractivity contribution >= 4 is 0 Å². The topological polar surface area (TPSA) is 52.5 Å². The highest BCUT2D eigenvalue weighted by Gasteiger charge is 2.22. The Morgan fingerprint density at radius 2 is 2.00 bits per heavy atom. The third-order valence-electron chi connectivity index (χ3n) is 1.32. The van der Waals surface area contributed by atoms with E-state index in [4.69, 9.17) is 10.2 Å². The molecule has 0 aliphatic carbocycles. The van der Waals surface area contributed by atoms with Crippen molar-refractivity contribution < 1.29 is 10.2 Å². The molecule has 50 valence electrons. The van der Waals surface area contributed by atoms with Crippen LogP contribution in [0, 0.1) is 0 Å². The molecule has 0 fully saturated rings. The van der Waals surface area contributed by atoms with Crippen LogP contribution < -0.4 is 5.32 Å². The molecule has 0 radical (unpaired) electrons. The van der Waals surface area contributed by atoms with E-state index in [2.05, 4.69) is 5.32 Å². The van der Waals surface area contributed by atoms with Crippen LogP contribution in [-0.2, 0) is 0 Å². The summed E-state index contributed by atoms with van der Waals surface area (Å²) in [4.78, 5) is 0. The van der Waals surface area contributed by atoms with Crippen LogP contribution in [0.25, 0.3) is 0 Å². The molecule has 2 atom stereocenters. The maximum atomic E-state index is 9.04. The minimum Gasteiger partial charge on any atom is -0.389 e. The van der Waals surface area contributed by atoms with E-state index in [1.165, 1.54) is 13.8 Å². The Morgan fingerprint density at radius 1 is 1.62 bits per heavy atom. The molecule has 3 N–H and O–H groups in total. The average molecular weight is 119 g/mol. The second kappa shape index (κ2) is 2.44. The van der Waals surface area contributed by atoms with Crippen LogP contribution in [0.5, 0.6) is 0 Å². The lowest BCUT2D eigenvalue weighted by Crippen LogP contribution is -2.48. The summed E-state index contributed by atoms with van der Waals surface area (Å²) in [5.41, 5.74) is -1.15. The Hall–Kier alpha value is -0.120. The smallest absolute Gasteiger partial charge is 0.138 e. The van der Waals surface area contributed by atoms with Crippen molar-refractivity contribution in [3.05, 3.63) is 0 Å². The summed E-state index contributed by atoms with van der Waals surface area (Å²) in [7, 11) is 1.59. The lowest BCUT2D eigenvalue weighted by molar-refractivity contribution is -0.0713. The second-order valence-electron chi connectivity index (χ2n) is 2.07. The van der Waals surface area contributed by atoms with E-state index < -0.39 is 11.8 Å². The first-order chi connectivity index (χ1) is 3.50. The van der Waals surface area contributed by atoms with Crippen molar-refractivity contribution in [2.45, 2.75) is 25.7 Å². The fourth-order valence-corrected chi connectivity index (χ4v) is 0.209. The van der Waals surface area contributed by atoms with Gasteiger partial charge in [0.1, 0.15) is 5.72 Å². The highest BCUT2D eigenvalue weighted by molar-refractivity contribution is 4.72. The van der Waals surface area contributed by atoms with E-state index in [1.807, 2.05) is 0 Å². The molecule has 0 aromatic carbocycles. The minimum atomic E-state index is -1.15. The number of aliphatic hydroxyl groups excluding tert-OH is 1. The van der Waals surface area contributed by atoms with Gasteiger partial charge in [-0.25, -0.2) is 0 Å². The van der Waals surface area contributed by atoms with Crippen molar-refractivity contribution in [2.75, 3.05) is 7.05 Å². The molecule has 0 spiro atoms. The fraction of sp³-hybridized carbons (Fsp3) is 1.00. The van der Waals surface area contributed by atoms with Crippen LogP contribution in [0.15, 0.2) is 0 Å². The molecule has 0 bridgehead atoms. The standard InChI is InChI=1S/C5H13NO2/c1-4(7)5(2,8)6-3/h4,6-8H,1-3H3. The van der Waals surface area contributed by atoms with Crippen molar-refractivity contribution in [2.24, 2.45) is 0 Å². The maximum Gasteiger partial charge on any atom is 0.138 e. The van der Waals surface area contributed by atoms with Crippen LogP contribution >= 0.6 is 0 Å². The molecule has 0 saturated heterocycles. The molecule has 3 heteroatoms. The highest BCUT2D eigenvalue weighted by atomic mass is 16.4. The zero-order valence-corrected chi connectivity index (χ0v) is 5.47. The summed E-state index contributed by atoms with van der Waals surface area (Å²) in [6.07, 6.45) is -0.743. The van der Waals surface area contributed by atoms with Gasteiger partial charge in [-0.05, 0) is 20.9 Å². The van der Waals surface area contributed by atoms with Gasteiger partial charge in [0.15, 0.2) is 0 Å². The minimum absolute atomic E-state index is 0.743. The van der Waals surface area contributed by atoms with E-state index in [0.29, 0.717) is 0 Å². The van der Waals surface area contributed by atoms with Gasteiger partial charge < -0.3 is 10.2 Å². The molecule has 0 rings (SSSR count). The van der Waals surface area contributed by atoms with Gasteiger partial charge in [0, 0.05) is 0 Å². The molecule has 0 saturated carbocycles.